The standard InChI is InChI=1S/C19H18BrF3N2O3/c20-13-5-6-16(25-7-9-27-10-8-25)15(11-13)24-18(26)12-28-17-4-2-1-3-14(17)19(21,22)23/h1-6,11H,7-10,12H2,(H,24,26). The number of hydrogen-bond acceptors (Lipinski definition) is 4. The molecule has 5 nitrogen and oxygen atoms in total. The predicted octanol–water partition coefficient (Wildman–Crippen LogP) is 4.32. The molecule has 1 aliphatic rings. The zero-order valence-electron chi connectivity index (χ0n) is 14.8. The van der Waals surface area contributed by atoms with Crippen LogP contribution >= 0.6 is 15.9 Å². The molecule has 0 aliphatic carbocycles. The second-order valence-electron chi connectivity index (χ2n) is 6.09. The van der Waals surface area contributed by atoms with Crippen LogP contribution in [0.2, 0.25) is 0 Å². The summed E-state index contributed by atoms with van der Waals surface area (Å²) in [5, 5.41) is 2.72. The number of benzene rings is 2. The summed E-state index contributed by atoms with van der Waals surface area (Å²) in [6, 6.07) is 10.3. The zero-order chi connectivity index (χ0) is 20.1. The van der Waals surface area contributed by atoms with Gasteiger partial charge in [-0.25, -0.2) is 0 Å². The van der Waals surface area contributed by atoms with E-state index in [4.69, 9.17) is 9.47 Å². The highest BCUT2D eigenvalue weighted by atomic mass is 79.9. The Morgan fingerprint density at radius 3 is 2.61 bits per heavy atom. The van der Waals surface area contributed by atoms with Crippen molar-refractivity contribution < 1.29 is 27.4 Å². The van der Waals surface area contributed by atoms with E-state index >= 15 is 0 Å². The Hall–Kier alpha value is -2.26. The van der Waals surface area contributed by atoms with E-state index in [0.29, 0.717) is 32.0 Å². The Morgan fingerprint density at radius 1 is 1.18 bits per heavy atom. The summed E-state index contributed by atoms with van der Waals surface area (Å²) in [4.78, 5) is 14.4. The van der Waals surface area contributed by atoms with E-state index in [1.54, 1.807) is 6.07 Å². The number of nitrogens with one attached hydrogen (secondary N) is 1. The first-order chi connectivity index (χ1) is 13.3. The zero-order valence-corrected chi connectivity index (χ0v) is 16.3. The maximum Gasteiger partial charge on any atom is 0.419 e. The molecule has 0 saturated carbocycles. The first kappa shape index (κ1) is 20.5. The summed E-state index contributed by atoms with van der Waals surface area (Å²) in [5.41, 5.74) is 0.448. The largest absolute Gasteiger partial charge is 0.483 e. The minimum atomic E-state index is -4.55. The average molecular weight is 459 g/mol. The first-order valence-electron chi connectivity index (χ1n) is 8.56. The minimum absolute atomic E-state index is 0.382. The third kappa shape index (κ3) is 5.17. The Kier molecular flexibility index (Phi) is 6.46. The van der Waals surface area contributed by atoms with Crippen LogP contribution in [0.15, 0.2) is 46.9 Å². The van der Waals surface area contributed by atoms with E-state index in [-0.39, 0.29) is 5.75 Å². The van der Waals surface area contributed by atoms with Crippen molar-refractivity contribution in [1.29, 1.82) is 0 Å². The molecule has 3 rings (SSSR count). The van der Waals surface area contributed by atoms with E-state index in [9.17, 15) is 18.0 Å². The van der Waals surface area contributed by atoms with Crippen molar-refractivity contribution in [1.82, 2.24) is 0 Å². The van der Waals surface area contributed by atoms with Crippen molar-refractivity contribution in [3.8, 4) is 5.75 Å². The molecule has 9 heteroatoms. The van der Waals surface area contributed by atoms with Gasteiger partial charge in [0.25, 0.3) is 5.91 Å². The normalized spacial score (nSPS) is 14.6. The SMILES string of the molecule is O=C(COc1ccccc1C(F)(F)F)Nc1cc(Br)ccc1N1CCOCC1. The number of amides is 1. The molecule has 150 valence electrons. The lowest BCUT2D eigenvalue weighted by Crippen LogP contribution is -2.37. The maximum atomic E-state index is 13.0. The van der Waals surface area contributed by atoms with Gasteiger partial charge in [0.2, 0.25) is 0 Å². The molecule has 1 fully saturated rings. The van der Waals surface area contributed by atoms with Gasteiger partial charge in [-0.05, 0) is 30.3 Å². The lowest BCUT2D eigenvalue weighted by atomic mass is 10.2. The monoisotopic (exact) mass is 458 g/mol. The smallest absolute Gasteiger partial charge is 0.419 e. The van der Waals surface area contributed by atoms with Crippen molar-refractivity contribution in [2.24, 2.45) is 0 Å². The molecule has 1 saturated heterocycles. The summed E-state index contributed by atoms with van der Waals surface area (Å²) in [7, 11) is 0. The van der Waals surface area contributed by atoms with Crippen LogP contribution in [0.4, 0.5) is 24.5 Å². The fourth-order valence-electron chi connectivity index (χ4n) is 2.84. The van der Waals surface area contributed by atoms with Crippen molar-refractivity contribution in [3.05, 3.63) is 52.5 Å². The molecule has 28 heavy (non-hydrogen) atoms. The number of halogens is 4. The van der Waals surface area contributed by atoms with Crippen LogP contribution in [0.5, 0.6) is 5.75 Å². The Balaban J connectivity index is 1.70. The number of alkyl halides is 3. The van der Waals surface area contributed by atoms with Gasteiger partial charge in [-0.2, -0.15) is 13.2 Å². The van der Waals surface area contributed by atoms with Gasteiger partial charge in [0.15, 0.2) is 6.61 Å². The summed E-state index contributed by atoms with van der Waals surface area (Å²) in [6.07, 6.45) is -4.55. The predicted molar refractivity (Wildman–Crippen MR) is 103 cm³/mol. The molecule has 0 spiro atoms. The van der Waals surface area contributed by atoms with Crippen molar-refractivity contribution >= 4 is 33.2 Å². The fourth-order valence-corrected chi connectivity index (χ4v) is 3.21. The van der Waals surface area contributed by atoms with Crippen LogP contribution in [0, 0.1) is 0 Å². The molecule has 2 aromatic carbocycles. The molecule has 0 atom stereocenters. The second-order valence-corrected chi connectivity index (χ2v) is 7.01. The third-order valence-electron chi connectivity index (χ3n) is 4.14. The molecule has 0 bridgehead atoms. The quantitative estimate of drug-likeness (QED) is 0.724. The number of hydrogen-bond donors (Lipinski definition) is 1. The van der Waals surface area contributed by atoms with E-state index < -0.39 is 24.3 Å². The summed E-state index contributed by atoms with van der Waals surface area (Å²) in [5.74, 6) is -0.933. The molecule has 0 aromatic heterocycles. The molecule has 1 amide bonds. The molecule has 2 aromatic rings. The lowest BCUT2D eigenvalue weighted by molar-refractivity contribution is -0.139. The molecule has 0 radical (unpaired) electrons. The topological polar surface area (TPSA) is 50.8 Å². The van der Waals surface area contributed by atoms with Crippen LogP contribution in [-0.2, 0) is 15.7 Å². The minimum Gasteiger partial charge on any atom is -0.483 e. The van der Waals surface area contributed by atoms with Gasteiger partial charge in [-0.1, -0.05) is 28.1 Å². The summed E-state index contributed by atoms with van der Waals surface area (Å²) < 4.78 is 50.3. The third-order valence-corrected chi connectivity index (χ3v) is 4.63. The van der Waals surface area contributed by atoms with Crippen LogP contribution in [-0.4, -0.2) is 38.8 Å². The van der Waals surface area contributed by atoms with Gasteiger partial charge in [-0.3, -0.25) is 4.79 Å². The number of para-hydroxylation sites is 1. The van der Waals surface area contributed by atoms with Crippen molar-refractivity contribution in [2.75, 3.05) is 43.1 Å². The van der Waals surface area contributed by atoms with E-state index in [0.717, 1.165) is 16.2 Å². The van der Waals surface area contributed by atoms with Crippen LogP contribution < -0.4 is 15.0 Å². The molecule has 0 unspecified atom stereocenters. The molecular formula is C19H18BrF3N2O3. The van der Waals surface area contributed by atoms with Gasteiger partial charge in [-0.15, -0.1) is 0 Å². The van der Waals surface area contributed by atoms with Gasteiger partial charge < -0.3 is 19.7 Å². The van der Waals surface area contributed by atoms with Crippen molar-refractivity contribution in [3.63, 3.8) is 0 Å². The van der Waals surface area contributed by atoms with E-state index in [1.807, 2.05) is 12.1 Å². The van der Waals surface area contributed by atoms with Gasteiger partial charge in [0.1, 0.15) is 5.75 Å². The molecule has 1 aliphatic heterocycles. The highest BCUT2D eigenvalue weighted by molar-refractivity contribution is 9.10. The van der Waals surface area contributed by atoms with Gasteiger partial charge in [0.05, 0.1) is 30.2 Å². The number of carbonyl (C=O) groups is 1. The Bertz CT molecular complexity index is 839. The number of morpholine rings is 1. The maximum absolute atomic E-state index is 13.0. The summed E-state index contributed by atoms with van der Waals surface area (Å²) in [6.45, 7) is 1.99. The Morgan fingerprint density at radius 2 is 1.89 bits per heavy atom. The van der Waals surface area contributed by atoms with Crippen LogP contribution in [0.3, 0.4) is 0 Å². The van der Waals surface area contributed by atoms with Crippen LogP contribution in [0.1, 0.15) is 5.56 Å². The van der Waals surface area contributed by atoms with E-state index in [1.165, 1.54) is 18.2 Å². The average Bonchev–Trinajstić information content (AvgIpc) is 2.67. The van der Waals surface area contributed by atoms with Gasteiger partial charge >= 0.3 is 6.18 Å². The van der Waals surface area contributed by atoms with Gasteiger partial charge in [0, 0.05) is 17.6 Å². The summed E-state index contributed by atoms with van der Waals surface area (Å²) >= 11 is 3.37. The lowest BCUT2D eigenvalue weighted by Gasteiger charge is -2.30. The molecular weight excluding hydrogens is 441 g/mol. The molecule has 1 heterocycles. The highest BCUT2D eigenvalue weighted by Gasteiger charge is 2.34. The van der Waals surface area contributed by atoms with E-state index in [2.05, 4.69) is 26.1 Å². The second kappa shape index (κ2) is 8.83. The number of rotatable bonds is 5. The number of carbonyl (C=O) groups excluding carboxylic acids is 1. The number of ether oxygens (including phenoxy) is 2. The number of anilines is 2. The molecule has 1 N–H and O–H groups in total. The fraction of sp³-hybridized carbons (Fsp3) is 0.316. The number of nitrogens with zero attached hydrogens (tertiary/aromatic N) is 1. The first-order valence-corrected chi connectivity index (χ1v) is 9.35. The highest BCUT2D eigenvalue weighted by Crippen LogP contribution is 2.36. The Labute approximate surface area is 168 Å². The van der Waals surface area contributed by atoms with Crippen molar-refractivity contribution in [2.45, 2.75) is 6.18 Å². The van der Waals surface area contributed by atoms with Crippen LogP contribution in [0.25, 0.3) is 0 Å².